The van der Waals surface area contributed by atoms with Crippen LogP contribution in [-0.4, -0.2) is 46.8 Å². The van der Waals surface area contributed by atoms with Crippen molar-refractivity contribution in [1.29, 1.82) is 0 Å². The van der Waals surface area contributed by atoms with Crippen molar-refractivity contribution in [3.8, 4) is 5.88 Å². The minimum atomic E-state index is -0.189. The Morgan fingerprint density at radius 2 is 2.12 bits per heavy atom. The second-order valence-corrected chi connectivity index (χ2v) is 6.65. The Morgan fingerprint density at radius 3 is 2.75 bits per heavy atom. The topological polar surface area (TPSA) is 62.7 Å². The fraction of sp³-hybridized carbons (Fsp3) is 0.333. The first-order chi connectivity index (χ1) is 11.8. The van der Waals surface area contributed by atoms with Crippen molar-refractivity contribution in [2.24, 2.45) is 0 Å². The number of amides is 1. The maximum Gasteiger partial charge on any atom is 0.259 e. The Balaban J connectivity index is 1.72. The van der Waals surface area contributed by atoms with Gasteiger partial charge in [-0.3, -0.25) is 4.79 Å². The van der Waals surface area contributed by atoms with Crippen LogP contribution in [0.5, 0.6) is 5.88 Å². The van der Waals surface area contributed by atoms with Gasteiger partial charge in [-0.2, -0.15) is 11.8 Å². The summed E-state index contributed by atoms with van der Waals surface area (Å²) in [6, 6.07) is 12.8. The molecule has 1 atom stereocenters. The molecule has 0 bridgehead atoms. The van der Waals surface area contributed by atoms with E-state index in [1.54, 1.807) is 17.0 Å². The second kappa shape index (κ2) is 8.17. The maximum atomic E-state index is 12.7. The number of rotatable bonds is 6. The summed E-state index contributed by atoms with van der Waals surface area (Å²) >= 11 is 1.88. The van der Waals surface area contributed by atoms with Crippen molar-refractivity contribution in [3.05, 3.63) is 54.2 Å². The molecule has 126 valence electrons. The van der Waals surface area contributed by atoms with Crippen molar-refractivity contribution in [2.75, 3.05) is 29.6 Å². The Kier molecular flexibility index (Phi) is 5.72. The Labute approximate surface area is 145 Å². The summed E-state index contributed by atoms with van der Waals surface area (Å²) in [5, 5.41) is 9.27. The first-order valence-corrected chi connectivity index (χ1v) is 9.11. The van der Waals surface area contributed by atoms with E-state index in [1.807, 2.05) is 42.1 Å². The number of aromatic nitrogens is 1. The number of benzene rings is 1. The Morgan fingerprint density at radius 1 is 1.29 bits per heavy atom. The summed E-state index contributed by atoms with van der Waals surface area (Å²) in [7, 11) is 0. The highest BCUT2D eigenvalue weighted by atomic mass is 32.2. The summed E-state index contributed by atoms with van der Waals surface area (Å²) < 4.78 is 5.81. The van der Waals surface area contributed by atoms with Crippen LogP contribution < -0.4 is 9.64 Å². The van der Waals surface area contributed by atoms with E-state index in [0.717, 1.165) is 23.6 Å². The van der Waals surface area contributed by atoms with E-state index in [9.17, 15) is 9.90 Å². The van der Waals surface area contributed by atoms with Crippen molar-refractivity contribution < 1.29 is 14.6 Å². The number of aliphatic hydroxyl groups is 1. The molecule has 1 N–H and O–H groups in total. The van der Waals surface area contributed by atoms with Gasteiger partial charge in [0.15, 0.2) is 0 Å². The molecule has 0 unspecified atom stereocenters. The lowest BCUT2D eigenvalue weighted by atomic mass is 10.2. The highest BCUT2D eigenvalue weighted by molar-refractivity contribution is 7.99. The molecule has 0 aliphatic carbocycles. The molecule has 1 amide bonds. The van der Waals surface area contributed by atoms with Crippen LogP contribution >= 0.6 is 11.8 Å². The number of aliphatic hydroxyl groups excluding tert-OH is 1. The number of pyridine rings is 1. The van der Waals surface area contributed by atoms with E-state index >= 15 is 0 Å². The van der Waals surface area contributed by atoms with Crippen molar-refractivity contribution in [2.45, 2.75) is 12.5 Å². The number of carbonyl (C=O) groups is 1. The summed E-state index contributed by atoms with van der Waals surface area (Å²) in [4.78, 5) is 18.5. The number of nitrogens with zero attached hydrogens (tertiary/aromatic N) is 2. The van der Waals surface area contributed by atoms with Crippen molar-refractivity contribution in [3.63, 3.8) is 0 Å². The molecule has 2 aromatic rings. The third-order valence-electron chi connectivity index (χ3n) is 3.80. The smallest absolute Gasteiger partial charge is 0.259 e. The molecule has 1 aliphatic heterocycles. The highest BCUT2D eigenvalue weighted by Gasteiger charge is 2.19. The predicted octanol–water partition coefficient (Wildman–Crippen LogP) is 2.61. The fourth-order valence-electron chi connectivity index (χ4n) is 2.56. The minimum Gasteiger partial charge on any atom is -0.473 e. The van der Waals surface area contributed by atoms with Crippen LogP contribution in [0, 0.1) is 0 Å². The minimum absolute atomic E-state index is 0.103. The first kappa shape index (κ1) is 16.8. The van der Waals surface area contributed by atoms with E-state index in [4.69, 9.17) is 4.74 Å². The van der Waals surface area contributed by atoms with Gasteiger partial charge in [-0.1, -0.05) is 18.2 Å². The van der Waals surface area contributed by atoms with E-state index in [2.05, 4.69) is 4.98 Å². The van der Waals surface area contributed by atoms with Gasteiger partial charge >= 0.3 is 0 Å². The molecule has 1 aromatic heterocycles. The number of para-hydroxylation sites is 1. The zero-order valence-electron chi connectivity index (χ0n) is 13.3. The van der Waals surface area contributed by atoms with Gasteiger partial charge in [0, 0.05) is 30.2 Å². The van der Waals surface area contributed by atoms with E-state index in [-0.39, 0.29) is 25.2 Å². The molecule has 2 heterocycles. The standard InChI is InChI=1S/C18H20N2O3S/c21-10-9-20(15-4-2-1-3-5-15)18(22)14-6-7-17(19-12-14)23-16-8-11-24-13-16/h1-7,12,16,21H,8-11,13H2/t16-/m0/s1. The zero-order valence-corrected chi connectivity index (χ0v) is 14.1. The summed E-state index contributed by atoms with van der Waals surface area (Å²) in [6.07, 6.45) is 2.78. The van der Waals surface area contributed by atoms with Crippen LogP contribution in [-0.2, 0) is 0 Å². The van der Waals surface area contributed by atoms with Crippen LogP contribution in [0.4, 0.5) is 5.69 Å². The van der Waals surface area contributed by atoms with E-state index in [0.29, 0.717) is 11.4 Å². The maximum absolute atomic E-state index is 12.7. The predicted molar refractivity (Wildman–Crippen MR) is 95.8 cm³/mol. The number of ether oxygens (including phenoxy) is 1. The third kappa shape index (κ3) is 4.07. The van der Waals surface area contributed by atoms with Crippen LogP contribution in [0.2, 0.25) is 0 Å². The molecule has 6 heteroatoms. The van der Waals surface area contributed by atoms with Gasteiger partial charge in [-0.05, 0) is 30.4 Å². The average molecular weight is 344 g/mol. The van der Waals surface area contributed by atoms with Crippen LogP contribution in [0.15, 0.2) is 48.7 Å². The number of thioether (sulfide) groups is 1. The van der Waals surface area contributed by atoms with Gasteiger partial charge < -0.3 is 14.7 Å². The molecule has 1 fully saturated rings. The molecule has 0 saturated carbocycles. The van der Waals surface area contributed by atoms with Crippen molar-refractivity contribution >= 4 is 23.4 Å². The monoisotopic (exact) mass is 344 g/mol. The van der Waals surface area contributed by atoms with Crippen molar-refractivity contribution in [1.82, 2.24) is 4.98 Å². The molecule has 24 heavy (non-hydrogen) atoms. The van der Waals surface area contributed by atoms with Gasteiger partial charge in [0.1, 0.15) is 6.10 Å². The molecule has 0 radical (unpaired) electrons. The van der Waals surface area contributed by atoms with Gasteiger partial charge in [0.05, 0.1) is 12.2 Å². The first-order valence-electron chi connectivity index (χ1n) is 7.96. The molecule has 0 spiro atoms. The van der Waals surface area contributed by atoms with Gasteiger partial charge in [0.25, 0.3) is 5.91 Å². The molecule has 1 aromatic carbocycles. The summed E-state index contributed by atoms with van der Waals surface area (Å²) in [5.74, 6) is 2.47. The van der Waals surface area contributed by atoms with E-state index in [1.165, 1.54) is 6.20 Å². The molecule has 1 saturated heterocycles. The lowest BCUT2D eigenvalue weighted by Crippen LogP contribution is -2.33. The van der Waals surface area contributed by atoms with E-state index < -0.39 is 0 Å². The molecular weight excluding hydrogens is 324 g/mol. The van der Waals surface area contributed by atoms with Gasteiger partial charge in [-0.15, -0.1) is 0 Å². The quantitative estimate of drug-likeness (QED) is 0.873. The summed E-state index contributed by atoms with van der Waals surface area (Å²) in [6.45, 7) is 0.134. The Hall–Kier alpha value is -2.05. The highest BCUT2D eigenvalue weighted by Crippen LogP contribution is 2.22. The Bertz CT molecular complexity index is 658. The number of hydrogen-bond acceptors (Lipinski definition) is 5. The summed E-state index contributed by atoms with van der Waals surface area (Å²) in [5.41, 5.74) is 1.22. The average Bonchev–Trinajstić information content (AvgIpc) is 3.13. The zero-order chi connectivity index (χ0) is 16.8. The van der Waals surface area contributed by atoms with Crippen LogP contribution in [0.1, 0.15) is 16.8 Å². The SMILES string of the molecule is O=C(c1ccc(O[C@H]2CCSC2)nc1)N(CCO)c1ccccc1. The molecule has 1 aliphatic rings. The van der Waals surface area contributed by atoms with Gasteiger partial charge in [-0.25, -0.2) is 4.98 Å². The number of hydrogen-bond donors (Lipinski definition) is 1. The molecular formula is C18H20N2O3S. The number of carbonyl (C=O) groups excluding carboxylic acids is 1. The molecule has 3 rings (SSSR count). The van der Waals surface area contributed by atoms with Gasteiger partial charge in [0.2, 0.25) is 5.88 Å². The normalized spacial score (nSPS) is 16.8. The lowest BCUT2D eigenvalue weighted by Gasteiger charge is -2.22. The fourth-order valence-corrected chi connectivity index (χ4v) is 3.66. The lowest BCUT2D eigenvalue weighted by molar-refractivity contribution is 0.0980. The number of anilines is 1. The third-order valence-corrected chi connectivity index (χ3v) is 4.93. The molecule has 5 nitrogen and oxygen atoms in total. The largest absolute Gasteiger partial charge is 0.473 e. The van der Waals surface area contributed by atoms with Crippen LogP contribution in [0.3, 0.4) is 0 Å². The van der Waals surface area contributed by atoms with Crippen LogP contribution in [0.25, 0.3) is 0 Å². The second-order valence-electron chi connectivity index (χ2n) is 5.50.